The maximum atomic E-state index is 12.4. The van der Waals surface area contributed by atoms with Crippen LogP contribution < -0.4 is 11.1 Å². The van der Waals surface area contributed by atoms with Crippen molar-refractivity contribution < 1.29 is 4.79 Å². The zero-order valence-electron chi connectivity index (χ0n) is 13.9. The topological polar surface area (TPSA) is 58.4 Å². The monoisotopic (exact) mass is 283 g/mol. The van der Waals surface area contributed by atoms with Crippen molar-refractivity contribution in [1.82, 2.24) is 10.2 Å². The van der Waals surface area contributed by atoms with Crippen LogP contribution in [0.3, 0.4) is 0 Å². The van der Waals surface area contributed by atoms with Gasteiger partial charge in [0.2, 0.25) is 5.91 Å². The molecule has 0 bridgehead atoms. The van der Waals surface area contributed by atoms with Crippen molar-refractivity contribution in [2.45, 2.75) is 90.4 Å². The number of nitrogens with zero attached hydrogens (tertiary/aromatic N) is 1. The Morgan fingerprint density at radius 1 is 1.30 bits per heavy atom. The van der Waals surface area contributed by atoms with Crippen molar-refractivity contribution in [2.75, 3.05) is 6.54 Å². The first kappa shape index (κ1) is 17.4. The van der Waals surface area contributed by atoms with Crippen LogP contribution in [0.4, 0.5) is 0 Å². The van der Waals surface area contributed by atoms with E-state index >= 15 is 0 Å². The number of carbonyl (C=O) groups is 1. The molecule has 0 aromatic rings. The van der Waals surface area contributed by atoms with Gasteiger partial charge < -0.3 is 11.1 Å². The van der Waals surface area contributed by atoms with Gasteiger partial charge in [0.05, 0.1) is 6.04 Å². The molecule has 0 spiro atoms. The van der Waals surface area contributed by atoms with E-state index in [0.29, 0.717) is 12.1 Å². The van der Waals surface area contributed by atoms with Gasteiger partial charge in [0.1, 0.15) is 0 Å². The standard InChI is InChI=1S/C16H33N3O/c1-6-11-19(14-9-7-13(17)8-10-14)12(2)15(20)18-16(3,4)5/h12-14H,6-11,17H2,1-5H3,(H,18,20). The quantitative estimate of drug-likeness (QED) is 0.814. The highest BCUT2D eigenvalue weighted by molar-refractivity contribution is 5.82. The van der Waals surface area contributed by atoms with Gasteiger partial charge in [0, 0.05) is 17.6 Å². The van der Waals surface area contributed by atoms with Crippen molar-refractivity contribution in [3.63, 3.8) is 0 Å². The number of rotatable bonds is 5. The smallest absolute Gasteiger partial charge is 0.237 e. The zero-order chi connectivity index (χ0) is 15.3. The highest BCUT2D eigenvalue weighted by Gasteiger charge is 2.31. The molecule has 0 aromatic heterocycles. The van der Waals surface area contributed by atoms with Crippen LogP contribution in [-0.4, -0.2) is 41.0 Å². The third-order valence-corrected chi connectivity index (χ3v) is 4.07. The predicted molar refractivity (Wildman–Crippen MR) is 84.6 cm³/mol. The largest absolute Gasteiger partial charge is 0.350 e. The fourth-order valence-corrected chi connectivity index (χ4v) is 3.01. The van der Waals surface area contributed by atoms with Crippen LogP contribution >= 0.6 is 0 Å². The molecule has 1 aliphatic rings. The molecule has 1 amide bonds. The van der Waals surface area contributed by atoms with E-state index in [2.05, 4.69) is 17.1 Å². The van der Waals surface area contributed by atoms with Crippen molar-refractivity contribution in [1.29, 1.82) is 0 Å². The summed E-state index contributed by atoms with van der Waals surface area (Å²) in [6.07, 6.45) is 5.48. The molecule has 1 unspecified atom stereocenters. The van der Waals surface area contributed by atoms with Crippen LogP contribution in [0.1, 0.15) is 66.7 Å². The summed E-state index contributed by atoms with van der Waals surface area (Å²) in [5.41, 5.74) is 5.82. The van der Waals surface area contributed by atoms with Crippen molar-refractivity contribution >= 4 is 5.91 Å². The van der Waals surface area contributed by atoms with Gasteiger partial charge in [-0.3, -0.25) is 9.69 Å². The van der Waals surface area contributed by atoms with E-state index < -0.39 is 0 Å². The Kier molecular flexibility index (Phi) is 6.46. The molecular weight excluding hydrogens is 250 g/mol. The average molecular weight is 283 g/mol. The molecular formula is C16H33N3O. The Bertz CT molecular complexity index is 303. The number of nitrogens with two attached hydrogens (primary N) is 1. The minimum absolute atomic E-state index is 0.0616. The molecule has 0 heterocycles. The van der Waals surface area contributed by atoms with Crippen molar-refractivity contribution in [2.24, 2.45) is 5.73 Å². The lowest BCUT2D eigenvalue weighted by Gasteiger charge is -2.39. The Labute approximate surface area is 124 Å². The van der Waals surface area contributed by atoms with Crippen molar-refractivity contribution in [3.05, 3.63) is 0 Å². The summed E-state index contributed by atoms with van der Waals surface area (Å²) < 4.78 is 0. The fraction of sp³-hybridized carbons (Fsp3) is 0.938. The number of carbonyl (C=O) groups excluding carboxylic acids is 1. The molecule has 1 fully saturated rings. The minimum atomic E-state index is -0.169. The average Bonchev–Trinajstić information content (AvgIpc) is 2.34. The van der Waals surface area contributed by atoms with Gasteiger partial charge in [-0.25, -0.2) is 0 Å². The number of nitrogens with one attached hydrogen (secondary N) is 1. The second-order valence-corrected chi connectivity index (χ2v) is 7.22. The fourth-order valence-electron chi connectivity index (χ4n) is 3.01. The molecule has 1 aliphatic carbocycles. The zero-order valence-corrected chi connectivity index (χ0v) is 13.9. The Morgan fingerprint density at radius 2 is 1.85 bits per heavy atom. The molecule has 3 N–H and O–H groups in total. The maximum Gasteiger partial charge on any atom is 0.237 e. The molecule has 4 heteroatoms. The molecule has 0 aromatic carbocycles. The lowest BCUT2D eigenvalue weighted by molar-refractivity contribution is -0.128. The summed E-state index contributed by atoms with van der Waals surface area (Å²) in [6.45, 7) is 11.3. The molecule has 0 saturated heterocycles. The summed E-state index contributed by atoms with van der Waals surface area (Å²) in [7, 11) is 0. The number of hydrogen-bond acceptors (Lipinski definition) is 3. The summed E-state index contributed by atoms with van der Waals surface area (Å²) in [5, 5.41) is 3.10. The van der Waals surface area contributed by atoms with Gasteiger partial charge in [-0.05, 0) is 66.3 Å². The molecule has 1 atom stereocenters. The van der Waals surface area contributed by atoms with Crippen LogP contribution in [0, 0.1) is 0 Å². The Hall–Kier alpha value is -0.610. The Balaban J connectivity index is 2.66. The maximum absolute atomic E-state index is 12.4. The number of hydrogen-bond donors (Lipinski definition) is 2. The first-order chi connectivity index (χ1) is 9.24. The molecule has 4 nitrogen and oxygen atoms in total. The first-order valence-corrected chi connectivity index (χ1v) is 8.08. The molecule has 1 saturated carbocycles. The van der Waals surface area contributed by atoms with E-state index in [-0.39, 0.29) is 17.5 Å². The van der Waals surface area contributed by atoms with Crippen molar-refractivity contribution in [3.8, 4) is 0 Å². The van der Waals surface area contributed by atoms with Gasteiger partial charge in [0.25, 0.3) is 0 Å². The van der Waals surface area contributed by atoms with Gasteiger partial charge >= 0.3 is 0 Å². The van der Waals surface area contributed by atoms with E-state index in [4.69, 9.17) is 5.73 Å². The van der Waals surface area contributed by atoms with Gasteiger partial charge in [-0.1, -0.05) is 6.92 Å². The van der Waals surface area contributed by atoms with Crippen LogP contribution in [0.15, 0.2) is 0 Å². The van der Waals surface area contributed by atoms with Gasteiger partial charge in [-0.15, -0.1) is 0 Å². The molecule has 1 rings (SSSR count). The molecule has 0 radical (unpaired) electrons. The van der Waals surface area contributed by atoms with Crippen LogP contribution in [0.25, 0.3) is 0 Å². The normalized spacial score (nSPS) is 25.6. The van der Waals surface area contributed by atoms with E-state index in [1.165, 1.54) is 0 Å². The van der Waals surface area contributed by atoms with Gasteiger partial charge in [-0.2, -0.15) is 0 Å². The predicted octanol–water partition coefficient (Wildman–Crippen LogP) is 2.27. The summed E-state index contributed by atoms with van der Waals surface area (Å²) in [4.78, 5) is 14.8. The van der Waals surface area contributed by atoms with E-state index in [0.717, 1.165) is 38.6 Å². The highest BCUT2D eigenvalue weighted by atomic mass is 16.2. The lowest BCUT2D eigenvalue weighted by Crippen LogP contribution is -2.54. The molecule has 20 heavy (non-hydrogen) atoms. The minimum Gasteiger partial charge on any atom is -0.350 e. The van der Waals surface area contributed by atoms with E-state index in [9.17, 15) is 4.79 Å². The summed E-state index contributed by atoms with van der Waals surface area (Å²) in [5.74, 6) is 0.140. The third-order valence-electron chi connectivity index (χ3n) is 4.07. The summed E-state index contributed by atoms with van der Waals surface area (Å²) in [6, 6.07) is 0.803. The van der Waals surface area contributed by atoms with Crippen LogP contribution in [0.2, 0.25) is 0 Å². The SMILES string of the molecule is CCCN(C1CCC(N)CC1)C(C)C(=O)NC(C)(C)C. The second-order valence-electron chi connectivity index (χ2n) is 7.22. The second kappa shape index (κ2) is 7.41. The lowest BCUT2D eigenvalue weighted by atomic mass is 9.89. The Morgan fingerprint density at radius 3 is 2.30 bits per heavy atom. The third kappa shape index (κ3) is 5.41. The highest BCUT2D eigenvalue weighted by Crippen LogP contribution is 2.24. The molecule has 0 aliphatic heterocycles. The van der Waals surface area contributed by atoms with Gasteiger partial charge in [0.15, 0.2) is 0 Å². The number of amides is 1. The van der Waals surface area contributed by atoms with Crippen LogP contribution in [-0.2, 0) is 4.79 Å². The summed E-state index contributed by atoms with van der Waals surface area (Å²) >= 11 is 0. The molecule has 118 valence electrons. The first-order valence-electron chi connectivity index (χ1n) is 8.08. The van der Waals surface area contributed by atoms with E-state index in [1.54, 1.807) is 0 Å². The van der Waals surface area contributed by atoms with Crippen LogP contribution in [0.5, 0.6) is 0 Å². The van der Waals surface area contributed by atoms with E-state index in [1.807, 2.05) is 27.7 Å².